The molecule has 17 heavy (non-hydrogen) atoms. The average Bonchev–Trinajstić information content (AvgIpc) is 2.65. The van der Waals surface area contributed by atoms with E-state index < -0.39 is 0 Å². The zero-order chi connectivity index (χ0) is 12.4. The zero-order valence-corrected chi connectivity index (χ0v) is 12.0. The van der Waals surface area contributed by atoms with Gasteiger partial charge in [-0.15, -0.1) is 22.9 Å². The first-order valence-electron chi connectivity index (χ1n) is 5.70. The van der Waals surface area contributed by atoms with Crippen molar-refractivity contribution in [2.45, 2.75) is 27.2 Å². The second kappa shape index (κ2) is 5.19. The Kier molecular flexibility index (Phi) is 3.85. The molecule has 0 saturated heterocycles. The van der Waals surface area contributed by atoms with Gasteiger partial charge in [-0.05, 0) is 31.9 Å². The van der Waals surface area contributed by atoms with Gasteiger partial charge in [0, 0.05) is 23.2 Å². The van der Waals surface area contributed by atoms with Crippen LogP contribution in [-0.2, 0) is 6.42 Å². The van der Waals surface area contributed by atoms with Gasteiger partial charge < -0.3 is 0 Å². The molecule has 1 aromatic heterocycles. The molecule has 0 fully saturated rings. The fraction of sp³-hybridized carbons (Fsp3) is 0.357. The van der Waals surface area contributed by atoms with Gasteiger partial charge in [-0.2, -0.15) is 0 Å². The molecule has 1 aromatic carbocycles. The Morgan fingerprint density at radius 1 is 1.18 bits per heavy atom. The predicted molar refractivity (Wildman–Crippen MR) is 76.2 cm³/mol. The summed E-state index contributed by atoms with van der Waals surface area (Å²) in [5, 5.41) is 3.22. The van der Waals surface area contributed by atoms with Gasteiger partial charge in [0.2, 0.25) is 0 Å². The highest BCUT2D eigenvalue weighted by molar-refractivity contribution is 7.13. The molecular formula is C14H16ClNS. The number of nitrogens with zero attached hydrogens (tertiary/aromatic N) is 1. The minimum Gasteiger partial charge on any atom is -0.241 e. The molecule has 0 aliphatic heterocycles. The molecule has 0 spiro atoms. The molecule has 0 aliphatic rings. The summed E-state index contributed by atoms with van der Waals surface area (Å²) in [6.45, 7) is 6.43. The third kappa shape index (κ3) is 2.70. The number of hydrogen-bond donors (Lipinski definition) is 0. The van der Waals surface area contributed by atoms with Crippen molar-refractivity contribution in [3.63, 3.8) is 0 Å². The Labute approximate surface area is 111 Å². The minimum absolute atomic E-state index is 0.634. The van der Waals surface area contributed by atoms with E-state index in [9.17, 15) is 0 Å². The lowest BCUT2D eigenvalue weighted by Crippen LogP contribution is -1.91. The van der Waals surface area contributed by atoms with Crippen molar-refractivity contribution in [1.29, 1.82) is 0 Å². The SMILES string of the molecule is Cc1cc(C)c(-c2nc(CCCl)cs2)c(C)c1. The number of alkyl halides is 1. The highest BCUT2D eigenvalue weighted by Crippen LogP contribution is 2.31. The molecule has 0 bridgehead atoms. The van der Waals surface area contributed by atoms with Crippen molar-refractivity contribution in [1.82, 2.24) is 4.98 Å². The van der Waals surface area contributed by atoms with Gasteiger partial charge in [0.05, 0.1) is 5.69 Å². The fourth-order valence-electron chi connectivity index (χ4n) is 2.15. The lowest BCUT2D eigenvalue weighted by atomic mass is 10.0. The Morgan fingerprint density at radius 2 is 1.82 bits per heavy atom. The van der Waals surface area contributed by atoms with Crippen molar-refractivity contribution in [2.75, 3.05) is 5.88 Å². The molecular weight excluding hydrogens is 250 g/mol. The average molecular weight is 266 g/mol. The van der Waals surface area contributed by atoms with E-state index in [0.29, 0.717) is 5.88 Å². The maximum absolute atomic E-state index is 5.74. The molecule has 0 saturated carbocycles. The van der Waals surface area contributed by atoms with Gasteiger partial charge in [0.1, 0.15) is 5.01 Å². The van der Waals surface area contributed by atoms with Crippen LogP contribution in [0.2, 0.25) is 0 Å². The van der Waals surface area contributed by atoms with Crippen molar-refractivity contribution in [3.8, 4) is 10.6 Å². The van der Waals surface area contributed by atoms with E-state index in [2.05, 4.69) is 43.3 Å². The standard InChI is InChI=1S/C14H16ClNS/c1-9-6-10(2)13(11(3)7-9)14-16-12(4-5-15)8-17-14/h6-8H,4-5H2,1-3H3. The fourth-order valence-corrected chi connectivity index (χ4v) is 3.37. The molecule has 2 rings (SSSR count). The number of hydrogen-bond acceptors (Lipinski definition) is 2. The minimum atomic E-state index is 0.634. The summed E-state index contributed by atoms with van der Waals surface area (Å²) in [6, 6.07) is 4.43. The number of halogens is 1. The van der Waals surface area contributed by atoms with Crippen LogP contribution in [0.4, 0.5) is 0 Å². The van der Waals surface area contributed by atoms with Gasteiger partial charge in [-0.1, -0.05) is 17.7 Å². The van der Waals surface area contributed by atoms with E-state index in [-0.39, 0.29) is 0 Å². The first-order valence-corrected chi connectivity index (χ1v) is 7.12. The summed E-state index contributed by atoms with van der Waals surface area (Å²) in [5.74, 6) is 0.634. The van der Waals surface area contributed by atoms with Crippen molar-refractivity contribution in [2.24, 2.45) is 0 Å². The summed E-state index contributed by atoms with van der Waals surface area (Å²) in [5.41, 5.74) is 6.28. The Balaban J connectivity index is 2.45. The van der Waals surface area contributed by atoms with Crippen LogP contribution < -0.4 is 0 Å². The maximum Gasteiger partial charge on any atom is 0.124 e. The van der Waals surface area contributed by atoms with Crippen LogP contribution in [0.5, 0.6) is 0 Å². The zero-order valence-electron chi connectivity index (χ0n) is 10.4. The van der Waals surface area contributed by atoms with Crippen LogP contribution in [0.15, 0.2) is 17.5 Å². The van der Waals surface area contributed by atoms with Gasteiger partial charge >= 0.3 is 0 Å². The monoisotopic (exact) mass is 265 g/mol. The van der Waals surface area contributed by atoms with Crippen molar-refractivity contribution < 1.29 is 0 Å². The molecule has 1 nitrogen and oxygen atoms in total. The second-order valence-electron chi connectivity index (χ2n) is 4.36. The van der Waals surface area contributed by atoms with Crippen LogP contribution >= 0.6 is 22.9 Å². The number of aryl methyl sites for hydroxylation is 4. The van der Waals surface area contributed by atoms with Crippen LogP contribution in [0.3, 0.4) is 0 Å². The molecule has 0 amide bonds. The molecule has 2 aromatic rings. The van der Waals surface area contributed by atoms with Crippen LogP contribution in [-0.4, -0.2) is 10.9 Å². The van der Waals surface area contributed by atoms with E-state index in [1.807, 2.05) is 0 Å². The summed E-state index contributed by atoms with van der Waals surface area (Å²) in [7, 11) is 0. The number of benzene rings is 1. The van der Waals surface area contributed by atoms with Crippen LogP contribution in [0.1, 0.15) is 22.4 Å². The smallest absolute Gasteiger partial charge is 0.124 e. The highest BCUT2D eigenvalue weighted by atomic mass is 35.5. The first-order chi connectivity index (χ1) is 8.11. The largest absolute Gasteiger partial charge is 0.241 e. The summed E-state index contributed by atoms with van der Waals surface area (Å²) in [4.78, 5) is 4.66. The summed E-state index contributed by atoms with van der Waals surface area (Å²) in [6.07, 6.45) is 0.849. The molecule has 3 heteroatoms. The van der Waals surface area contributed by atoms with E-state index in [0.717, 1.165) is 17.1 Å². The normalized spacial score (nSPS) is 10.8. The maximum atomic E-state index is 5.74. The second-order valence-corrected chi connectivity index (χ2v) is 5.59. The van der Waals surface area contributed by atoms with Gasteiger partial charge in [-0.3, -0.25) is 0 Å². The predicted octanol–water partition coefficient (Wildman–Crippen LogP) is 4.52. The molecule has 90 valence electrons. The van der Waals surface area contributed by atoms with Gasteiger partial charge in [0.15, 0.2) is 0 Å². The lowest BCUT2D eigenvalue weighted by molar-refractivity contribution is 1.07. The highest BCUT2D eigenvalue weighted by Gasteiger charge is 2.10. The van der Waals surface area contributed by atoms with E-state index in [1.54, 1.807) is 11.3 Å². The number of rotatable bonds is 3. The van der Waals surface area contributed by atoms with Gasteiger partial charge in [-0.25, -0.2) is 4.98 Å². The van der Waals surface area contributed by atoms with E-state index >= 15 is 0 Å². The van der Waals surface area contributed by atoms with Gasteiger partial charge in [0.25, 0.3) is 0 Å². The molecule has 0 aliphatic carbocycles. The van der Waals surface area contributed by atoms with E-state index in [4.69, 9.17) is 11.6 Å². The molecule has 0 atom stereocenters. The Bertz CT molecular complexity index is 508. The first kappa shape index (κ1) is 12.6. The third-order valence-electron chi connectivity index (χ3n) is 2.79. The quantitative estimate of drug-likeness (QED) is 0.744. The third-order valence-corrected chi connectivity index (χ3v) is 3.89. The Morgan fingerprint density at radius 3 is 2.41 bits per heavy atom. The topological polar surface area (TPSA) is 12.9 Å². The lowest BCUT2D eigenvalue weighted by Gasteiger charge is -2.08. The number of thiazole rings is 1. The Hall–Kier alpha value is -0.860. The number of aromatic nitrogens is 1. The van der Waals surface area contributed by atoms with Crippen LogP contribution in [0.25, 0.3) is 10.6 Å². The molecule has 0 radical (unpaired) electrons. The summed E-state index contributed by atoms with van der Waals surface area (Å²) >= 11 is 7.45. The van der Waals surface area contributed by atoms with E-state index in [1.165, 1.54) is 22.3 Å². The van der Waals surface area contributed by atoms with Crippen LogP contribution in [0, 0.1) is 20.8 Å². The molecule has 0 unspecified atom stereocenters. The molecule has 1 heterocycles. The van der Waals surface area contributed by atoms with Crippen molar-refractivity contribution in [3.05, 3.63) is 39.9 Å². The molecule has 0 N–H and O–H groups in total. The van der Waals surface area contributed by atoms with Crippen molar-refractivity contribution >= 4 is 22.9 Å². The summed E-state index contributed by atoms with van der Waals surface area (Å²) < 4.78 is 0.